The Morgan fingerprint density at radius 2 is 2.09 bits per heavy atom. The number of anilines is 1. The van der Waals surface area contributed by atoms with Gasteiger partial charge in [0.25, 0.3) is 0 Å². The lowest BCUT2D eigenvalue weighted by Gasteiger charge is -2.10. The van der Waals surface area contributed by atoms with Gasteiger partial charge in [-0.05, 0) is 43.3 Å². The molecule has 1 aromatic heterocycles. The van der Waals surface area contributed by atoms with E-state index < -0.39 is 0 Å². The summed E-state index contributed by atoms with van der Waals surface area (Å²) in [4.78, 5) is 16.1. The third kappa shape index (κ3) is 3.59. The maximum absolute atomic E-state index is 12.8. The normalized spacial score (nSPS) is 17.2. The number of nitrogens with one attached hydrogen (secondary N) is 2. The monoisotopic (exact) mass is 301 g/mol. The van der Waals surface area contributed by atoms with E-state index >= 15 is 0 Å². The smallest absolute Gasteiger partial charge is 0.228 e. The summed E-state index contributed by atoms with van der Waals surface area (Å²) in [6.45, 7) is 1.59. The number of carbonyl (C=O) groups is 1. The van der Waals surface area contributed by atoms with Crippen molar-refractivity contribution in [1.82, 2.24) is 10.3 Å². The average Bonchev–Trinajstić information content (AvgIpc) is 3.06. The Labute approximate surface area is 127 Å². The van der Waals surface area contributed by atoms with Crippen molar-refractivity contribution in [3.8, 4) is 11.6 Å². The van der Waals surface area contributed by atoms with Crippen LogP contribution in [0.1, 0.15) is 6.42 Å². The van der Waals surface area contributed by atoms with E-state index in [4.69, 9.17) is 4.74 Å². The predicted molar refractivity (Wildman–Crippen MR) is 80.3 cm³/mol. The van der Waals surface area contributed by atoms with Gasteiger partial charge >= 0.3 is 0 Å². The fourth-order valence-electron chi connectivity index (χ4n) is 2.26. The summed E-state index contributed by atoms with van der Waals surface area (Å²) in [6, 6.07) is 9.08. The second-order valence-electron chi connectivity index (χ2n) is 5.12. The number of rotatable bonds is 4. The minimum absolute atomic E-state index is 0.000923. The van der Waals surface area contributed by atoms with Crippen LogP contribution in [0.5, 0.6) is 11.6 Å². The van der Waals surface area contributed by atoms with Gasteiger partial charge in [-0.2, -0.15) is 0 Å². The predicted octanol–water partition coefficient (Wildman–Crippen LogP) is 2.56. The van der Waals surface area contributed by atoms with Gasteiger partial charge in [-0.25, -0.2) is 9.37 Å². The molecule has 1 atom stereocenters. The molecule has 2 N–H and O–H groups in total. The number of halogens is 1. The number of hydrogen-bond donors (Lipinski definition) is 2. The summed E-state index contributed by atoms with van der Waals surface area (Å²) in [6.07, 6.45) is 2.39. The molecule has 1 fully saturated rings. The van der Waals surface area contributed by atoms with Gasteiger partial charge in [0.05, 0.1) is 17.8 Å². The van der Waals surface area contributed by atoms with Gasteiger partial charge in [0, 0.05) is 12.6 Å². The molecule has 1 aromatic carbocycles. The zero-order chi connectivity index (χ0) is 15.4. The van der Waals surface area contributed by atoms with Crippen LogP contribution >= 0.6 is 0 Å². The zero-order valence-electron chi connectivity index (χ0n) is 11.9. The number of amides is 1. The van der Waals surface area contributed by atoms with Crippen LogP contribution in [0, 0.1) is 11.7 Å². The molecule has 1 amide bonds. The first-order valence-electron chi connectivity index (χ1n) is 7.12. The Bertz CT molecular complexity index is 637. The number of hydrogen-bond acceptors (Lipinski definition) is 4. The second kappa shape index (κ2) is 6.53. The van der Waals surface area contributed by atoms with E-state index in [0.717, 1.165) is 13.0 Å². The quantitative estimate of drug-likeness (QED) is 0.911. The minimum atomic E-state index is -0.320. The summed E-state index contributed by atoms with van der Waals surface area (Å²) >= 11 is 0. The summed E-state index contributed by atoms with van der Waals surface area (Å²) in [5, 5.41) is 5.99. The van der Waals surface area contributed by atoms with E-state index in [0.29, 0.717) is 23.9 Å². The van der Waals surface area contributed by atoms with E-state index in [1.807, 2.05) is 0 Å². The second-order valence-corrected chi connectivity index (χ2v) is 5.12. The summed E-state index contributed by atoms with van der Waals surface area (Å²) in [5.74, 6) is 0.573. The Hall–Kier alpha value is -2.47. The molecule has 1 aliphatic rings. The van der Waals surface area contributed by atoms with Gasteiger partial charge in [-0.1, -0.05) is 0 Å². The molecule has 22 heavy (non-hydrogen) atoms. The first-order valence-corrected chi connectivity index (χ1v) is 7.12. The number of carbonyl (C=O) groups excluding carboxylic acids is 1. The molecule has 2 heterocycles. The molecule has 1 aliphatic heterocycles. The first-order chi connectivity index (χ1) is 10.7. The molecule has 0 aliphatic carbocycles. The van der Waals surface area contributed by atoms with Gasteiger partial charge in [-0.3, -0.25) is 4.79 Å². The van der Waals surface area contributed by atoms with Crippen molar-refractivity contribution in [3.05, 3.63) is 48.4 Å². The molecule has 3 rings (SSSR count). The highest BCUT2D eigenvalue weighted by Gasteiger charge is 2.22. The lowest BCUT2D eigenvalue weighted by Crippen LogP contribution is -2.24. The highest BCUT2D eigenvalue weighted by Crippen LogP contribution is 2.21. The van der Waals surface area contributed by atoms with Crippen molar-refractivity contribution in [2.24, 2.45) is 5.92 Å². The molecule has 1 saturated heterocycles. The number of benzene rings is 1. The van der Waals surface area contributed by atoms with Crippen molar-refractivity contribution in [3.63, 3.8) is 0 Å². The van der Waals surface area contributed by atoms with E-state index in [9.17, 15) is 9.18 Å². The Kier molecular flexibility index (Phi) is 4.29. The molecular formula is C16H16FN3O2. The lowest BCUT2D eigenvalue weighted by atomic mass is 10.1. The Balaban J connectivity index is 1.60. The van der Waals surface area contributed by atoms with E-state index in [-0.39, 0.29) is 17.6 Å². The van der Waals surface area contributed by atoms with Gasteiger partial charge in [0.2, 0.25) is 11.8 Å². The molecule has 5 nitrogen and oxygen atoms in total. The van der Waals surface area contributed by atoms with Gasteiger partial charge < -0.3 is 15.4 Å². The third-order valence-corrected chi connectivity index (χ3v) is 3.47. The highest BCUT2D eigenvalue weighted by molar-refractivity contribution is 5.92. The maximum Gasteiger partial charge on any atom is 0.228 e. The fourth-order valence-corrected chi connectivity index (χ4v) is 2.26. The maximum atomic E-state index is 12.8. The minimum Gasteiger partial charge on any atom is -0.439 e. The van der Waals surface area contributed by atoms with Crippen molar-refractivity contribution in [2.75, 3.05) is 18.4 Å². The molecule has 6 heteroatoms. The fraction of sp³-hybridized carbons (Fsp3) is 0.250. The highest BCUT2D eigenvalue weighted by atomic mass is 19.1. The van der Waals surface area contributed by atoms with Crippen molar-refractivity contribution >= 4 is 11.6 Å². The molecule has 1 unspecified atom stereocenters. The summed E-state index contributed by atoms with van der Waals surface area (Å²) in [7, 11) is 0. The van der Waals surface area contributed by atoms with Crippen LogP contribution in [-0.2, 0) is 4.79 Å². The van der Waals surface area contributed by atoms with E-state index in [1.165, 1.54) is 24.3 Å². The van der Waals surface area contributed by atoms with Gasteiger partial charge in [0.1, 0.15) is 11.6 Å². The Morgan fingerprint density at radius 1 is 1.27 bits per heavy atom. The Morgan fingerprint density at radius 3 is 2.73 bits per heavy atom. The van der Waals surface area contributed by atoms with Crippen LogP contribution in [0.25, 0.3) is 0 Å². The van der Waals surface area contributed by atoms with Gasteiger partial charge in [0.15, 0.2) is 0 Å². The third-order valence-electron chi connectivity index (χ3n) is 3.47. The van der Waals surface area contributed by atoms with Crippen LogP contribution in [0.4, 0.5) is 10.1 Å². The van der Waals surface area contributed by atoms with Gasteiger partial charge in [-0.15, -0.1) is 0 Å². The lowest BCUT2D eigenvalue weighted by molar-refractivity contribution is -0.119. The molecule has 0 saturated carbocycles. The van der Waals surface area contributed by atoms with Crippen LogP contribution in [-0.4, -0.2) is 24.0 Å². The molecule has 114 valence electrons. The number of ether oxygens (including phenoxy) is 1. The number of aromatic nitrogens is 1. The number of nitrogens with zero attached hydrogens (tertiary/aromatic N) is 1. The van der Waals surface area contributed by atoms with Crippen LogP contribution in [0.15, 0.2) is 42.6 Å². The van der Waals surface area contributed by atoms with Crippen molar-refractivity contribution < 1.29 is 13.9 Å². The van der Waals surface area contributed by atoms with Crippen LogP contribution < -0.4 is 15.4 Å². The summed E-state index contributed by atoms with van der Waals surface area (Å²) in [5.41, 5.74) is 0.628. The van der Waals surface area contributed by atoms with E-state index in [2.05, 4.69) is 15.6 Å². The zero-order valence-corrected chi connectivity index (χ0v) is 11.9. The standard InChI is InChI=1S/C16H16FN3O2/c17-12-1-4-14(5-2-12)22-15-6-3-13(10-19-15)20-16(21)11-7-8-18-9-11/h1-6,10-11,18H,7-9H2,(H,20,21). The first kappa shape index (κ1) is 14.5. The largest absolute Gasteiger partial charge is 0.439 e. The van der Waals surface area contributed by atoms with Crippen molar-refractivity contribution in [1.29, 1.82) is 0 Å². The average molecular weight is 301 g/mol. The van der Waals surface area contributed by atoms with Crippen LogP contribution in [0.3, 0.4) is 0 Å². The molecule has 2 aromatic rings. The molecule has 0 bridgehead atoms. The SMILES string of the molecule is O=C(Nc1ccc(Oc2ccc(F)cc2)nc1)C1CCNC1. The molecule has 0 radical (unpaired) electrons. The molecular weight excluding hydrogens is 285 g/mol. The number of pyridine rings is 1. The topological polar surface area (TPSA) is 63.2 Å². The van der Waals surface area contributed by atoms with E-state index in [1.54, 1.807) is 18.3 Å². The van der Waals surface area contributed by atoms with Crippen molar-refractivity contribution in [2.45, 2.75) is 6.42 Å². The van der Waals surface area contributed by atoms with Crippen LogP contribution in [0.2, 0.25) is 0 Å². The summed E-state index contributed by atoms with van der Waals surface area (Å²) < 4.78 is 18.3. The molecule has 0 spiro atoms.